The fourth-order valence-electron chi connectivity index (χ4n) is 4.15. The zero-order chi connectivity index (χ0) is 19.0. The minimum atomic E-state index is -0.347. The van der Waals surface area contributed by atoms with Crippen molar-refractivity contribution >= 4 is 33.4 Å². The maximum absolute atomic E-state index is 12.9. The molecule has 1 atom stereocenters. The van der Waals surface area contributed by atoms with Crippen LogP contribution >= 0.6 is 11.3 Å². The Kier molecular flexibility index (Phi) is 4.99. The van der Waals surface area contributed by atoms with Crippen LogP contribution < -0.4 is 11.3 Å². The molecule has 1 aliphatic carbocycles. The zero-order valence-electron chi connectivity index (χ0n) is 15.3. The normalized spacial score (nSPS) is 19.9. The summed E-state index contributed by atoms with van der Waals surface area (Å²) in [7, 11) is 0. The Morgan fingerprint density at radius 1 is 1.26 bits per heavy atom. The number of thiophene rings is 1. The molecule has 27 heavy (non-hydrogen) atoms. The Morgan fingerprint density at radius 2 is 2.07 bits per heavy atom. The number of fused-ring (bicyclic) bond motifs is 3. The zero-order valence-corrected chi connectivity index (χ0v) is 16.1. The van der Waals surface area contributed by atoms with Crippen LogP contribution in [0.25, 0.3) is 10.2 Å². The van der Waals surface area contributed by atoms with Crippen LogP contribution in [-0.4, -0.2) is 39.4 Å². The van der Waals surface area contributed by atoms with Gasteiger partial charge >= 0.3 is 0 Å². The van der Waals surface area contributed by atoms with Crippen LogP contribution in [0.15, 0.2) is 11.1 Å². The third-order valence-corrected chi connectivity index (χ3v) is 6.88. The van der Waals surface area contributed by atoms with Crippen molar-refractivity contribution in [2.24, 2.45) is 11.7 Å². The van der Waals surface area contributed by atoms with Crippen LogP contribution in [0.5, 0.6) is 0 Å². The summed E-state index contributed by atoms with van der Waals surface area (Å²) in [6, 6.07) is 0. The Hall–Kier alpha value is -2.22. The van der Waals surface area contributed by atoms with E-state index in [-0.39, 0.29) is 29.7 Å². The summed E-state index contributed by atoms with van der Waals surface area (Å²) in [4.78, 5) is 45.1. The van der Waals surface area contributed by atoms with Crippen molar-refractivity contribution in [1.82, 2.24) is 14.5 Å². The fraction of sp³-hybridized carbons (Fsp3) is 0.579. The second-order valence-corrected chi connectivity index (χ2v) is 8.55. The monoisotopic (exact) mass is 388 g/mol. The lowest BCUT2D eigenvalue weighted by atomic mass is 9.97. The van der Waals surface area contributed by atoms with E-state index in [2.05, 4.69) is 4.98 Å². The third kappa shape index (κ3) is 3.50. The van der Waals surface area contributed by atoms with Crippen molar-refractivity contribution < 1.29 is 9.59 Å². The van der Waals surface area contributed by atoms with E-state index in [9.17, 15) is 14.4 Å². The topological polar surface area (TPSA) is 98.3 Å². The van der Waals surface area contributed by atoms with Crippen LogP contribution in [0.4, 0.5) is 0 Å². The molecule has 4 rings (SSSR count). The number of primary amides is 1. The molecular weight excluding hydrogens is 364 g/mol. The van der Waals surface area contributed by atoms with Gasteiger partial charge in [-0.25, -0.2) is 4.98 Å². The van der Waals surface area contributed by atoms with Crippen molar-refractivity contribution in [1.29, 1.82) is 0 Å². The number of carbonyl (C=O) groups is 2. The molecule has 2 aromatic rings. The molecule has 0 radical (unpaired) electrons. The standard InChI is InChI=1S/C19H24N4O3S/c20-17(25)12-4-3-8-22(10-12)15(24)7-9-23-11-21-18-16(19(23)26)13-5-1-2-6-14(13)27-18/h11-12H,1-10H2,(H2,20,25). The molecule has 144 valence electrons. The first-order valence-corrected chi connectivity index (χ1v) is 10.4. The quantitative estimate of drug-likeness (QED) is 0.857. The van der Waals surface area contributed by atoms with E-state index in [0.29, 0.717) is 19.6 Å². The van der Waals surface area contributed by atoms with Gasteiger partial charge in [-0.3, -0.25) is 19.0 Å². The molecular formula is C19H24N4O3S. The van der Waals surface area contributed by atoms with Gasteiger partial charge in [0, 0.05) is 30.9 Å². The van der Waals surface area contributed by atoms with E-state index in [1.165, 1.54) is 16.9 Å². The Morgan fingerprint density at radius 3 is 2.89 bits per heavy atom. The molecule has 2 N–H and O–H groups in total. The Bertz CT molecular complexity index is 948. The van der Waals surface area contributed by atoms with Crippen molar-refractivity contribution in [3.05, 3.63) is 27.1 Å². The molecule has 2 aromatic heterocycles. The maximum atomic E-state index is 12.9. The van der Waals surface area contributed by atoms with Gasteiger partial charge in [-0.05, 0) is 44.1 Å². The molecule has 1 saturated heterocycles. The van der Waals surface area contributed by atoms with E-state index < -0.39 is 0 Å². The van der Waals surface area contributed by atoms with Gasteiger partial charge in [-0.1, -0.05) is 0 Å². The number of nitrogens with two attached hydrogens (primary N) is 1. The molecule has 1 fully saturated rings. The maximum Gasteiger partial charge on any atom is 0.262 e. The van der Waals surface area contributed by atoms with E-state index in [1.807, 2.05) is 0 Å². The van der Waals surface area contributed by atoms with E-state index >= 15 is 0 Å². The van der Waals surface area contributed by atoms with Gasteiger partial charge in [-0.2, -0.15) is 0 Å². The van der Waals surface area contributed by atoms with Gasteiger partial charge in [0.1, 0.15) is 4.83 Å². The molecule has 3 heterocycles. The third-order valence-electron chi connectivity index (χ3n) is 5.68. The second-order valence-electron chi connectivity index (χ2n) is 7.47. The summed E-state index contributed by atoms with van der Waals surface area (Å²) in [5, 5.41) is 0.747. The van der Waals surface area contributed by atoms with Crippen LogP contribution in [0.2, 0.25) is 0 Å². The minimum Gasteiger partial charge on any atom is -0.369 e. The number of piperidine rings is 1. The number of amides is 2. The van der Waals surface area contributed by atoms with E-state index in [0.717, 1.165) is 42.3 Å². The van der Waals surface area contributed by atoms with Crippen molar-refractivity contribution in [3.8, 4) is 0 Å². The van der Waals surface area contributed by atoms with Gasteiger partial charge < -0.3 is 10.6 Å². The highest BCUT2D eigenvalue weighted by molar-refractivity contribution is 7.18. The molecule has 8 heteroatoms. The lowest BCUT2D eigenvalue weighted by Crippen LogP contribution is -2.44. The first kappa shape index (κ1) is 18.2. The number of hydrogen-bond acceptors (Lipinski definition) is 5. The van der Waals surface area contributed by atoms with Crippen molar-refractivity contribution in [3.63, 3.8) is 0 Å². The number of nitrogens with zero attached hydrogens (tertiary/aromatic N) is 3. The number of likely N-dealkylation sites (tertiary alicyclic amines) is 1. The summed E-state index contributed by atoms with van der Waals surface area (Å²) in [6.45, 7) is 1.34. The molecule has 0 bridgehead atoms. The molecule has 2 aliphatic rings. The van der Waals surface area contributed by atoms with Crippen LogP contribution in [0.1, 0.15) is 42.5 Å². The van der Waals surface area contributed by atoms with Gasteiger partial charge in [0.05, 0.1) is 17.6 Å². The van der Waals surface area contributed by atoms with E-state index in [4.69, 9.17) is 5.73 Å². The summed E-state index contributed by atoms with van der Waals surface area (Å²) in [6.07, 6.45) is 7.57. The highest BCUT2D eigenvalue weighted by Gasteiger charge is 2.27. The Balaban J connectivity index is 1.49. The van der Waals surface area contributed by atoms with Crippen molar-refractivity contribution in [2.75, 3.05) is 13.1 Å². The summed E-state index contributed by atoms with van der Waals surface area (Å²) in [5.74, 6) is -0.651. The molecule has 0 saturated carbocycles. The van der Waals surface area contributed by atoms with Crippen LogP contribution in [0, 0.1) is 5.92 Å². The highest BCUT2D eigenvalue weighted by atomic mass is 32.1. The molecule has 2 amide bonds. The number of aryl methyl sites for hydroxylation is 3. The highest BCUT2D eigenvalue weighted by Crippen LogP contribution is 2.33. The van der Waals surface area contributed by atoms with Gasteiger partial charge in [0.25, 0.3) is 5.56 Å². The molecule has 1 aliphatic heterocycles. The number of carbonyl (C=O) groups excluding carboxylic acids is 2. The number of aromatic nitrogens is 2. The fourth-order valence-corrected chi connectivity index (χ4v) is 5.37. The SMILES string of the molecule is NC(=O)C1CCCN(C(=O)CCn2cnc3sc4c(c3c2=O)CCCC4)C1. The molecule has 0 aromatic carbocycles. The largest absolute Gasteiger partial charge is 0.369 e. The van der Waals surface area contributed by atoms with Gasteiger partial charge in [0.2, 0.25) is 11.8 Å². The second kappa shape index (κ2) is 7.42. The van der Waals surface area contributed by atoms with Crippen LogP contribution in [0.3, 0.4) is 0 Å². The molecule has 1 unspecified atom stereocenters. The summed E-state index contributed by atoms with van der Waals surface area (Å²) < 4.78 is 1.55. The number of hydrogen-bond donors (Lipinski definition) is 1. The van der Waals surface area contributed by atoms with E-state index in [1.54, 1.807) is 27.1 Å². The average molecular weight is 388 g/mol. The predicted octanol–water partition coefficient (Wildman–Crippen LogP) is 1.45. The van der Waals surface area contributed by atoms with Crippen LogP contribution in [-0.2, 0) is 29.0 Å². The molecule has 7 nitrogen and oxygen atoms in total. The number of rotatable bonds is 4. The first-order valence-electron chi connectivity index (χ1n) is 9.61. The van der Waals surface area contributed by atoms with Gasteiger partial charge in [0.15, 0.2) is 0 Å². The predicted molar refractivity (Wildman–Crippen MR) is 104 cm³/mol. The lowest BCUT2D eigenvalue weighted by molar-refractivity contribution is -0.135. The first-order chi connectivity index (χ1) is 13.0. The minimum absolute atomic E-state index is 0.0409. The smallest absolute Gasteiger partial charge is 0.262 e. The molecule has 0 spiro atoms. The lowest BCUT2D eigenvalue weighted by Gasteiger charge is -2.31. The summed E-state index contributed by atoms with van der Waals surface area (Å²) >= 11 is 1.63. The van der Waals surface area contributed by atoms with Gasteiger partial charge in [-0.15, -0.1) is 11.3 Å². The Labute approximate surface area is 161 Å². The average Bonchev–Trinajstić information content (AvgIpc) is 3.06. The summed E-state index contributed by atoms with van der Waals surface area (Å²) in [5.41, 5.74) is 6.51. The van der Waals surface area contributed by atoms with Crippen molar-refractivity contribution in [2.45, 2.75) is 51.5 Å².